The Bertz CT molecular complexity index is 701. The number of ether oxygens (including phenoxy) is 1. The van der Waals surface area contributed by atoms with Crippen LogP contribution in [0.3, 0.4) is 0 Å². The fourth-order valence-corrected chi connectivity index (χ4v) is 2.63. The van der Waals surface area contributed by atoms with Gasteiger partial charge in [-0.3, -0.25) is 9.78 Å². The van der Waals surface area contributed by atoms with Gasteiger partial charge in [0.05, 0.1) is 18.8 Å². The van der Waals surface area contributed by atoms with Gasteiger partial charge in [0.2, 0.25) is 0 Å². The van der Waals surface area contributed by atoms with Crippen molar-refractivity contribution in [1.82, 2.24) is 9.88 Å². The van der Waals surface area contributed by atoms with Crippen molar-refractivity contribution in [1.29, 1.82) is 0 Å². The van der Waals surface area contributed by atoms with Crippen LogP contribution in [0.15, 0.2) is 11.4 Å². The predicted octanol–water partition coefficient (Wildman–Crippen LogP) is 4.69. The van der Waals surface area contributed by atoms with Gasteiger partial charge in [-0.2, -0.15) is 0 Å². The summed E-state index contributed by atoms with van der Waals surface area (Å²) in [4.78, 5) is 40.1. The van der Waals surface area contributed by atoms with Gasteiger partial charge in [-0.25, -0.2) is 4.79 Å². The summed E-state index contributed by atoms with van der Waals surface area (Å²) < 4.78 is 5.45. The zero-order valence-electron chi connectivity index (χ0n) is 18.9. The Hall–Kier alpha value is -2.55. The SMILES string of the molecule is CC.Cc1ncc(CO)c(CN(CCCCCC(=O)O)C(=O)OC(C)(C)C)c1N=O. The number of carboxylic acids is 1. The molecule has 170 valence electrons. The van der Waals surface area contributed by atoms with Gasteiger partial charge < -0.3 is 19.8 Å². The summed E-state index contributed by atoms with van der Waals surface area (Å²) in [5.41, 5.74) is 0.665. The number of aliphatic hydroxyl groups is 1. The number of pyridine rings is 1. The molecule has 30 heavy (non-hydrogen) atoms. The Balaban J connectivity index is 0.00000407. The number of unbranched alkanes of at least 4 members (excludes halogenated alkanes) is 2. The second kappa shape index (κ2) is 13.6. The summed E-state index contributed by atoms with van der Waals surface area (Å²) in [5.74, 6) is -0.856. The van der Waals surface area contributed by atoms with Crippen LogP contribution in [0.4, 0.5) is 10.5 Å². The first-order valence-electron chi connectivity index (χ1n) is 10.2. The number of aryl methyl sites for hydroxylation is 1. The lowest BCUT2D eigenvalue weighted by molar-refractivity contribution is -0.137. The average Bonchev–Trinajstić information content (AvgIpc) is 2.67. The van der Waals surface area contributed by atoms with Crippen LogP contribution < -0.4 is 0 Å². The number of nitroso groups, excluding NO2 is 1. The Kier molecular flexibility index (Phi) is 12.5. The summed E-state index contributed by atoms with van der Waals surface area (Å²) in [5, 5.41) is 21.3. The monoisotopic (exact) mass is 425 g/mol. The highest BCUT2D eigenvalue weighted by atomic mass is 16.6. The second-order valence-corrected chi connectivity index (χ2v) is 7.55. The van der Waals surface area contributed by atoms with Crippen LogP contribution in [0.2, 0.25) is 0 Å². The zero-order chi connectivity index (χ0) is 23.3. The maximum Gasteiger partial charge on any atom is 0.410 e. The number of carboxylic acid groups (broad SMARTS) is 1. The van der Waals surface area contributed by atoms with Crippen LogP contribution in [-0.2, 0) is 22.7 Å². The molecule has 9 heteroatoms. The smallest absolute Gasteiger partial charge is 0.410 e. The maximum atomic E-state index is 12.6. The van der Waals surface area contributed by atoms with Gasteiger partial charge >= 0.3 is 12.1 Å². The summed E-state index contributed by atoms with van der Waals surface area (Å²) in [6, 6.07) is 0. The van der Waals surface area contributed by atoms with Crippen molar-refractivity contribution in [2.45, 2.75) is 86.0 Å². The number of amides is 1. The van der Waals surface area contributed by atoms with Crippen LogP contribution in [0.5, 0.6) is 0 Å². The van der Waals surface area contributed by atoms with E-state index >= 15 is 0 Å². The van der Waals surface area contributed by atoms with Crippen LogP contribution in [0, 0.1) is 11.8 Å². The minimum absolute atomic E-state index is 0.0359. The number of hydrogen-bond donors (Lipinski definition) is 2. The molecule has 0 fully saturated rings. The van der Waals surface area contributed by atoms with Gasteiger partial charge in [0.25, 0.3) is 0 Å². The molecule has 0 atom stereocenters. The number of rotatable bonds is 10. The zero-order valence-corrected chi connectivity index (χ0v) is 18.9. The van der Waals surface area contributed by atoms with Gasteiger partial charge in [-0.1, -0.05) is 20.3 Å². The highest BCUT2D eigenvalue weighted by molar-refractivity contribution is 5.69. The molecule has 9 nitrogen and oxygen atoms in total. The molecule has 1 heterocycles. The first kappa shape index (κ1) is 27.5. The molecule has 0 aliphatic rings. The van der Waals surface area contributed by atoms with Gasteiger partial charge in [-0.05, 0) is 45.7 Å². The van der Waals surface area contributed by atoms with E-state index in [9.17, 15) is 19.6 Å². The maximum absolute atomic E-state index is 12.6. The van der Waals surface area contributed by atoms with E-state index in [1.807, 2.05) is 13.8 Å². The van der Waals surface area contributed by atoms with Gasteiger partial charge in [-0.15, -0.1) is 4.91 Å². The molecule has 0 aliphatic carbocycles. The molecule has 0 aromatic carbocycles. The van der Waals surface area contributed by atoms with Crippen LogP contribution in [-0.4, -0.2) is 44.3 Å². The molecule has 0 saturated heterocycles. The van der Waals surface area contributed by atoms with Gasteiger partial charge in [0.1, 0.15) is 11.3 Å². The topological polar surface area (TPSA) is 129 Å². The third-order valence-corrected chi connectivity index (χ3v) is 4.01. The number of hydrogen-bond acceptors (Lipinski definition) is 7. The lowest BCUT2D eigenvalue weighted by atomic mass is 10.1. The molecular weight excluding hydrogens is 390 g/mol. The third-order valence-electron chi connectivity index (χ3n) is 4.01. The number of aliphatic carboxylic acids is 1. The summed E-state index contributed by atoms with van der Waals surface area (Å²) in [6.45, 7) is 10.9. The Labute approximate surface area is 178 Å². The lowest BCUT2D eigenvalue weighted by Crippen LogP contribution is -2.37. The molecule has 0 bridgehead atoms. The summed E-state index contributed by atoms with van der Waals surface area (Å²) in [6.07, 6.45) is 2.70. The minimum Gasteiger partial charge on any atom is -0.481 e. The van der Waals surface area contributed by atoms with Crippen molar-refractivity contribution < 1.29 is 24.5 Å². The lowest BCUT2D eigenvalue weighted by Gasteiger charge is -2.28. The standard InChI is InChI=1S/C19H29N3O6.C2H6/c1-13-17(21-27)15(14(12-23)10-20-13)11-22(18(26)28-19(2,3)4)9-7-5-6-8-16(24)25;1-2/h10,23H,5-9,11-12H2,1-4H3,(H,24,25);1-2H3. The normalized spacial score (nSPS) is 10.6. The minimum atomic E-state index is -0.856. The van der Waals surface area contributed by atoms with Crippen molar-refractivity contribution in [2.24, 2.45) is 5.18 Å². The van der Waals surface area contributed by atoms with E-state index in [4.69, 9.17) is 9.84 Å². The van der Waals surface area contributed by atoms with E-state index < -0.39 is 17.7 Å². The highest BCUT2D eigenvalue weighted by Gasteiger charge is 2.24. The van der Waals surface area contributed by atoms with E-state index in [1.54, 1.807) is 27.7 Å². The largest absolute Gasteiger partial charge is 0.481 e. The van der Waals surface area contributed by atoms with Crippen LogP contribution in [0.25, 0.3) is 0 Å². The molecule has 1 aromatic heterocycles. The summed E-state index contributed by atoms with van der Waals surface area (Å²) >= 11 is 0. The fraction of sp³-hybridized carbons (Fsp3) is 0.667. The van der Waals surface area contributed by atoms with Gasteiger partial charge in [0, 0.05) is 30.3 Å². The first-order chi connectivity index (χ1) is 14.1. The Morgan fingerprint density at radius 3 is 2.33 bits per heavy atom. The highest BCUT2D eigenvalue weighted by Crippen LogP contribution is 2.28. The number of nitrogens with zero attached hydrogens (tertiary/aromatic N) is 3. The fourth-order valence-electron chi connectivity index (χ4n) is 2.63. The second-order valence-electron chi connectivity index (χ2n) is 7.55. The molecule has 2 N–H and O–H groups in total. The summed E-state index contributed by atoms with van der Waals surface area (Å²) in [7, 11) is 0. The number of aromatic nitrogens is 1. The Morgan fingerprint density at radius 1 is 1.20 bits per heavy atom. The molecule has 0 spiro atoms. The molecular formula is C21H35N3O6. The average molecular weight is 426 g/mol. The molecule has 1 rings (SSSR count). The van der Waals surface area contributed by atoms with E-state index in [0.29, 0.717) is 42.6 Å². The number of carbonyl (C=O) groups excluding carboxylic acids is 1. The van der Waals surface area contributed by atoms with Crippen molar-refractivity contribution in [2.75, 3.05) is 6.54 Å². The van der Waals surface area contributed by atoms with Crippen molar-refractivity contribution in [3.8, 4) is 0 Å². The number of carbonyl (C=O) groups is 2. The first-order valence-corrected chi connectivity index (χ1v) is 10.2. The number of aliphatic hydroxyl groups excluding tert-OH is 1. The van der Waals surface area contributed by atoms with E-state index in [-0.39, 0.29) is 25.3 Å². The van der Waals surface area contributed by atoms with Crippen molar-refractivity contribution >= 4 is 17.7 Å². The third kappa shape index (κ3) is 9.78. The quantitative estimate of drug-likeness (QED) is 0.411. The van der Waals surface area contributed by atoms with E-state index in [0.717, 1.165) is 0 Å². The molecule has 0 aliphatic heterocycles. The van der Waals surface area contributed by atoms with Crippen LogP contribution >= 0.6 is 0 Å². The van der Waals surface area contributed by atoms with E-state index in [1.165, 1.54) is 11.1 Å². The van der Waals surface area contributed by atoms with Gasteiger partial charge in [0.15, 0.2) is 0 Å². The van der Waals surface area contributed by atoms with Crippen molar-refractivity contribution in [3.05, 3.63) is 27.9 Å². The molecule has 1 amide bonds. The molecule has 0 radical (unpaired) electrons. The van der Waals surface area contributed by atoms with Crippen LogP contribution in [0.1, 0.15) is 77.1 Å². The Morgan fingerprint density at radius 2 is 1.83 bits per heavy atom. The van der Waals surface area contributed by atoms with Crippen molar-refractivity contribution in [3.63, 3.8) is 0 Å². The molecule has 1 aromatic rings. The van der Waals surface area contributed by atoms with E-state index in [2.05, 4.69) is 10.2 Å². The predicted molar refractivity (Wildman–Crippen MR) is 114 cm³/mol. The molecule has 0 saturated carbocycles. The molecule has 0 unspecified atom stereocenters.